The van der Waals surface area contributed by atoms with Gasteiger partial charge in [-0.2, -0.15) is 0 Å². The summed E-state index contributed by atoms with van der Waals surface area (Å²) in [5.74, 6) is -0.499. The van der Waals surface area contributed by atoms with Crippen molar-refractivity contribution >= 4 is 9.84 Å². The molecule has 0 aromatic heterocycles. The smallest absolute Gasteiger partial charge is 0.155 e. The Hall–Kier alpha value is -0.940. The van der Waals surface area contributed by atoms with Crippen LogP contribution in [-0.2, 0) is 9.84 Å². The molecule has 3 nitrogen and oxygen atoms in total. The Morgan fingerprint density at radius 1 is 1.38 bits per heavy atom. The highest BCUT2D eigenvalue weighted by Gasteiger charge is 2.38. The van der Waals surface area contributed by atoms with Gasteiger partial charge >= 0.3 is 0 Å². The van der Waals surface area contributed by atoms with E-state index < -0.39 is 26.5 Å². The third-order valence-corrected chi connectivity index (χ3v) is 4.91. The van der Waals surface area contributed by atoms with Crippen molar-refractivity contribution in [2.24, 2.45) is 0 Å². The Labute approximate surface area is 94.8 Å². The van der Waals surface area contributed by atoms with Gasteiger partial charge in [-0.25, -0.2) is 12.8 Å². The lowest BCUT2D eigenvalue weighted by atomic mass is 9.98. The van der Waals surface area contributed by atoms with Crippen molar-refractivity contribution in [2.75, 3.05) is 6.26 Å². The van der Waals surface area contributed by atoms with Crippen LogP contribution in [0.2, 0.25) is 0 Å². The molecule has 0 aliphatic rings. The van der Waals surface area contributed by atoms with Gasteiger partial charge in [-0.3, -0.25) is 0 Å². The van der Waals surface area contributed by atoms with Crippen LogP contribution >= 0.6 is 0 Å². The monoisotopic (exact) mass is 246 g/mol. The third-order valence-electron chi connectivity index (χ3n) is 2.78. The Morgan fingerprint density at radius 2 is 1.94 bits per heavy atom. The minimum Gasteiger partial charge on any atom is -0.387 e. The second kappa shape index (κ2) is 4.14. The highest BCUT2D eigenvalue weighted by atomic mass is 32.2. The molecule has 0 aliphatic carbocycles. The van der Waals surface area contributed by atoms with Crippen LogP contribution in [0.4, 0.5) is 4.39 Å². The normalized spacial score (nSPS) is 14.8. The summed E-state index contributed by atoms with van der Waals surface area (Å²) in [7, 11) is -3.44. The first-order valence-corrected chi connectivity index (χ1v) is 6.68. The third kappa shape index (κ3) is 2.41. The number of rotatable bonds is 3. The van der Waals surface area contributed by atoms with E-state index in [4.69, 9.17) is 0 Å². The molecule has 1 aromatic carbocycles. The second-order valence-corrected chi connectivity index (χ2v) is 6.93. The van der Waals surface area contributed by atoms with E-state index in [0.717, 1.165) is 12.3 Å². The molecule has 1 atom stereocenters. The molecule has 0 saturated carbocycles. The van der Waals surface area contributed by atoms with Crippen molar-refractivity contribution in [3.8, 4) is 0 Å². The van der Waals surface area contributed by atoms with Gasteiger partial charge in [-0.05, 0) is 31.5 Å². The first kappa shape index (κ1) is 13.1. The van der Waals surface area contributed by atoms with Crippen LogP contribution in [0.5, 0.6) is 0 Å². The molecule has 16 heavy (non-hydrogen) atoms. The summed E-state index contributed by atoms with van der Waals surface area (Å²) < 4.78 is 34.6. The standard InChI is InChI=1S/C11H15FO3S/c1-11(2,16(3,14)15)10(13)8-5-4-6-9(12)7-8/h4-7,10,13H,1-3H3. The summed E-state index contributed by atoms with van der Waals surface area (Å²) in [6.07, 6.45) is -0.201. The summed E-state index contributed by atoms with van der Waals surface area (Å²) in [5.41, 5.74) is 0.260. The van der Waals surface area contributed by atoms with Crippen LogP contribution in [0.25, 0.3) is 0 Å². The van der Waals surface area contributed by atoms with E-state index in [9.17, 15) is 17.9 Å². The lowest BCUT2D eigenvalue weighted by Crippen LogP contribution is -2.37. The predicted molar refractivity (Wildman–Crippen MR) is 60.3 cm³/mol. The summed E-state index contributed by atoms with van der Waals surface area (Å²) >= 11 is 0. The number of hydrogen-bond acceptors (Lipinski definition) is 3. The summed E-state index contributed by atoms with van der Waals surface area (Å²) in [6.45, 7) is 2.83. The van der Waals surface area contributed by atoms with Crippen molar-refractivity contribution in [1.82, 2.24) is 0 Å². The molecule has 0 fully saturated rings. The predicted octanol–water partition coefficient (Wildman–Crippen LogP) is 1.68. The molecule has 1 aromatic rings. The zero-order valence-corrected chi connectivity index (χ0v) is 10.3. The van der Waals surface area contributed by atoms with Gasteiger partial charge in [-0.1, -0.05) is 12.1 Å². The maximum atomic E-state index is 13.0. The Kier molecular flexibility index (Phi) is 3.40. The number of hydrogen-bond donors (Lipinski definition) is 1. The van der Waals surface area contributed by atoms with E-state index in [1.54, 1.807) is 0 Å². The summed E-state index contributed by atoms with van der Waals surface area (Å²) in [5, 5.41) is 9.96. The zero-order valence-electron chi connectivity index (χ0n) is 9.44. The summed E-state index contributed by atoms with van der Waals surface area (Å²) in [4.78, 5) is 0. The van der Waals surface area contributed by atoms with Gasteiger partial charge in [0.05, 0.1) is 10.9 Å². The number of aliphatic hydroxyl groups excluding tert-OH is 1. The largest absolute Gasteiger partial charge is 0.387 e. The molecular formula is C11H15FO3S. The fourth-order valence-electron chi connectivity index (χ4n) is 1.28. The van der Waals surface area contributed by atoms with E-state index in [-0.39, 0.29) is 5.56 Å². The van der Waals surface area contributed by atoms with Crippen molar-refractivity contribution < 1.29 is 17.9 Å². The molecule has 0 heterocycles. The van der Waals surface area contributed by atoms with Gasteiger partial charge in [0, 0.05) is 6.26 Å². The molecule has 5 heteroatoms. The quantitative estimate of drug-likeness (QED) is 0.882. The fraction of sp³-hybridized carbons (Fsp3) is 0.455. The molecule has 0 spiro atoms. The molecule has 1 N–H and O–H groups in total. The number of benzene rings is 1. The first-order chi connectivity index (χ1) is 7.16. The van der Waals surface area contributed by atoms with E-state index in [0.29, 0.717) is 0 Å². The SMILES string of the molecule is CC(C)(C(O)c1cccc(F)c1)S(C)(=O)=O. The van der Waals surface area contributed by atoms with Crippen LogP contribution in [0, 0.1) is 5.82 Å². The Balaban J connectivity index is 3.17. The zero-order chi connectivity index (χ0) is 12.6. The van der Waals surface area contributed by atoms with Crippen LogP contribution in [0.15, 0.2) is 24.3 Å². The van der Waals surface area contributed by atoms with E-state index in [2.05, 4.69) is 0 Å². The molecule has 90 valence electrons. The van der Waals surface area contributed by atoms with E-state index in [1.165, 1.54) is 32.0 Å². The molecule has 0 aliphatic heterocycles. The highest BCUT2D eigenvalue weighted by Crippen LogP contribution is 2.32. The molecule has 0 radical (unpaired) electrons. The maximum absolute atomic E-state index is 13.0. The second-order valence-electron chi connectivity index (χ2n) is 4.33. The van der Waals surface area contributed by atoms with Crippen LogP contribution in [-0.4, -0.2) is 24.5 Å². The Bertz CT molecular complexity index is 480. The molecule has 0 amide bonds. The van der Waals surface area contributed by atoms with Crippen LogP contribution in [0.3, 0.4) is 0 Å². The average molecular weight is 246 g/mol. The topological polar surface area (TPSA) is 54.4 Å². The van der Waals surface area contributed by atoms with Crippen LogP contribution < -0.4 is 0 Å². The minimum absolute atomic E-state index is 0.260. The lowest BCUT2D eigenvalue weighted by molar-refractivity contribution is 0.139. The van der Waals surface area contributed by atoms with Gasteiger partial charge in [0.1, 0.15) is 5.82 Å². The van der Waals surface area contributed by atoms with E-state index in [1.807, 2.05) is 0 Å². The average Bonchev–Trinajstić information content (AvgIpc) is 2.14. The molecule has 1 unspecified atom stereocenters. The number of aliphatic hydroxyl groups is 1. The maximum Gasteiger partial charge on any atom is 0.155 e. The van der Waals surface area contributed by atoms with Gasteiger partial charge in [0.2, 0.25) is 0 Å². The van der Waals surface area contributed by atoms with Gasteiger partial charge in [0.25, 0.3) is 0 Å². The van der Waals surface area contributed by atoms with Crippen molar-refractivity contribution in [3.63, 3.8) is 0 Å². The fourth-order valence-corrected chi connectivity index (χ4v) is 1.82. The summed E-state index contributed by atoms with van der Waals surface area (Å²) in [6, 6.07) is 5.31. The first-order valence-electron chi connectivity index (χ1n) is 4.79. The van der Waals surface area contributed by atoms with Gasteiger partial charge in [-0.15, -0.1) is 0 Å². The van der Waals surface area contributed by atoms with Crippen molar-refractivity contribution in [3.05, 3.63) is 35.6 Å². The number of sulfone groups is 1. The van der Waals surface area contributed by atoms with Gasteiger partial charge < -0.3 is 5.11 Å². The minimum atomic E-state index is -3.44. The highest BCUT2D eigenvalue weighted by molar-refractivity contribution is 7.92. The van der Waals surface area contributed by atoms with Gasteiger partial charge in [0.15, 0.2) is 9.84 Å². The van der Waals surface area contributed by atoms with Crippen molar-refractivity contribution in [2.45, 2.75) is 24.7 Å². The van der Waals surface area contributed by atoms with E-state index >= 15 is 0 Å². The van der Waals surface area contributed by atoms with Crippen molar-refractivity contribution in [1.29, 1.82) is 0 Å². The van der Waals surface area contributed by atoms with Crippen LogP contribution in [0.1, 0.15) is 25.5 Å². The lowest BCUT2D eigenvalue weighted by Gasteiger charge is -2.28. The molecule has 0 bridgehead atoms. The Morgan fingerprint density at radius 3 is 2.38 bits per heavy atom. The molecule has 1 rings (SSSR count). The molecule has 0 saturated heterocycles. The number of halogens is 1. The molecular weight excluding hydrogens is 231 g/mol.